The van der Waals surface area contributed by atoms with Gasteiger partial charge in [0, 0.05) is 37.4 Å². The highest BCUT2D eigenvalue weighted by molar-refractivity contribution is 5.97. The number of rotatable bonds is 7. The molecule has 1 amide bonds. The van der Waals surface area contributed by atoms with Crippen LogP contribution in [0.3, 0.4) is 0 Å². The van der Waals surface area contributed by atoms with Gasteiger partial charge >= 0.3 is 0 Å². The molecule has 2 N–H and O–H groups in total. The molecule has 1 aliphatic heterocycles. The number of benzene rings is 2. The molecule has 0 radical (unpaired) electrons. The zero-order chi connectivity index (χ0) is 23.4. The summed E-state index contributed by atoms with van der Waals surface area (Å²) in [6.07, 6.45) is 1.70. The minimum atomic E-state index is -0.0326. The summed E-state index contributed by atoms with van der Waals surface area (Å²) in [6, 6.07) is 9.56. The molecule has 3 rings (SSSR count). The first-order chi connectivity index (χ1) is 15.2. The third-order valence-corrected chi connectivity index (χ3v) is 6.92. The first-order valence-electron chi connectivity index (χ1n) is 11.3. The van der Waals surface area contributed by atoms with Crippen LogP contribution in [0.4, 0.5) is 5.69 Å². The van der Waals surface area contributed by atoms with Crippen LogP contribution in [0.25, 0.3) is 0 Å². The van der Waals surface area contributed by atoms with E-state index in [1.54, 1.807) is 4.90 Å². The minimum Gasteiger partial charge on any atom is -0.483 e. The number of amides is 1. The molecular weight excluding hydrogens is 402 g/mol. The second kappa shape index (κ2) is 10.2. The summed E-state index contributed by atoms with van der Waals surface area (Å²) < 4.78 is 5.98. The van der Waals surface area contributed by atoms with Crippen LogP contribution >= 0.6 is 0 Å². The minimum absolute atomic E-state index is 0.00762. The normalized spacial score (nSPS) is 14.9. The number of anilines is 1. The van der Waals surface area contributed by atoms with Gasteiger partial charge in [-0.3, -0.25) is 14.5 Å². The maximum Gasteiger partial charge on any atom is 0.260 e. The van der Waals surface area contributed by atoms with E-state index in [9.17, 15) is 9.59 Å². The van der Waals surface area contributed by atoms with Gasteiger partial charge in [0.25, 0.3) is 5.91 Å². The average Bonchev–Trinajstić information content (AvgIpc) is 2.81. The highest BCUT2D eigenvalue weighted by Gasteiger charge is 2.27. The van der Waals surface area contributed by atoms with E-state index < -0.39 is 0 Å². The van der Waals surface area contributed by atoms with E-state index in [2.05, 4.69) is 4.90 Å². The molecule has 2 aromatic carbocycles. The van der Waals surface area contributed by atoms with Crippen molar-refractivity contribution in [3.8, 4) is 5.75 Å². The Balaban J connectivity index is 1.52. The third-order valence-electron chi connectivity index (χ3n) is 6.92. The number of piperidine rings is 1. The summed E-state index contributed by atoms with van der Waals surface area (Å²) in [6.45, 7) is 9.96. The van der Waals surface area contributed by atoms with Crippen LogP contribution in [0.1, 0.15) is 45.5 Å². The van der Waals surface area contributed by atoms with Gasteiger partial charge in [0.1, 0.15) is 5.75 Å². The van der Waals surface area contributed by atoms with Crippen molar-refractivity contribution in [1.29, 1.82) is 0 Å². The molecule has 0 aliphatic carbocycles. The van der Waals surface area contributed by atoms with Gasteiger partial charge in [0.15, 0.2) is 12.4 Å². The highest BCUT2D eigenvalue weighted by atomic mass is 16.5. The van der Waals surface area contributed by atoms with Crippen molar-refractivity contribution in [2.24, 2.45) is 0 Å². The van der Waals surface area contributed by atoms with Gasteiger partial charge < -0.3 is 15.4 Å². The van der Waals surface area contributed by atoms with E-state index in [1.165, 1.54) is 0 Å². The predicted molar refractivity (Wildman–Crippen MR) is 128 cm³/mol. The van der Waals surface area contributed by atoms with Gasteiger partial charge in [-0.1, -0.05) is 30.3 Å². The van der Waals surface area contributed by atoms with E-state index in [0.717, 1.165) is 65.2 Å². The largest absolute Gasteiger partial charge is 0.483 e. The highest BCUT2D eigenvalue weighted by Crippen LogP contribution is 2.34. The van der Waals surface area contributed by atoms with E-state index >= 15 is 0 Å². The number of carbonyl (C=O) groups is 2. The molecule has 1 heterocycles. The van der Waals surface area contributed by atoms with Gasteiger partial charge in [-0.2, -0.15) is 0 Å². The molecule has 1 fully saturated rings. The molecule has 32 heavy (non-hydrogen) atoms. The fraction of sp³-hybridized carbons (Fsp3) is 0.462. The number of nitrogens with two attached hydrogens (primary N) is 1. The number of hydrogen-bond donors (Lipinski definition) is 1. The second-order valence-electron chi connectivity index (χ2n) is 8.83. The van der Waals surface area contributed by atoms with Crippen molar-refractivity contribution >= 4 is 17.4 Å². The summed E-state index contributed by atoms with van der Waals surface area (Å²) in [7, 11) is 1.85. The molecule has 0 atom stereocenters. The van der Waals surface area contributed by atoms with Gasteiger partial charge in [0.2, 0.25) is 0 Å². The maximum atomic E-state index is 12.8. The Hall–Kier alpha value is -2.86. The SMILES string of the molecule is Cc1c(C)c(OCC(=O)N(C)C2CCN(CC(=O)c3ccccc3)CC2)c(C)c(C)c1N. The lowest BCUT2D eigenvalue weighted by Gasteiger charge is -2.36. The fourth-order valence-electron chi connectivity index (χ4n) is 4.35. The van der Waals surface area contributed by atoms with Crippen molar-refractivity contribution in [3.05, 3.63) is 58.1 Å². The Morgan fingerprint density at radius 2 is 1.56 bits per heavy atom. The van der Waals surface area contributed by atoms with Crippen molar-refractivity contribution in [2.45, 2.75) is 46.6 Å². The lowest BCUT2D eigenvalue weighted by Crippen LogP contribution is -2.47. The summed E-state index contributed by atoms with van der Waals surface area (Å²) in [5.41, 5.74) is 11.7. The van der Waals surface area contributed by atoms with Gasteiger partial charge in [0.05, 0.1) is 6.54 Å². The number of carbonyl (C=O) groups excluding carboxylic acids is 2. The van der Waals surface area contributed by atoms with Crippen LogP contribution in [-0.2, 0) is 4.79 Å². The lowest BCUT2D eigenvalue weighted by molar-refractivity contribution is -0.135. The Bertz CT molecular complexity index is 951. The van der Waals surface area contributed by atoms with E-state index in [4.69, 9.17) is 10.5 Å². The summed E-state index contributed by atoms with van der Waals surface area (Å²) in [5, 5.41) is 0. The zero-order valence-corrected chi connectivity index (χ0v) is 19.9. The smallest absolute Gasteiger partial charge is 0.260 e. The van der Waals surface area contributed by atoms with Crippen molar-refractivity contribution in [1.82, 2.24) is 9.80 Å². The van der Waals surface area contributed by atoms with Crippen molar-refractivity contribution in [3.63, 3.8) is 0 Å². The average molecular weight is 438 g/mol. The molecule has 6 heteroatoms. The van der Waals surface area contributed by atoms with Crippen LogP contribution in [0.2, 0.25) is 0 Å². The number of ketones is 1. The molecule has 0 spiro atoms. The monoisotopic (exact) mass is 437 g/mol. The predicted octanol–water partition coefficient (Wildman–Crippen LogP) is 3.69. The number of nitrogen functional groups attached to an aromatic ring is 1. The first kappa shape index (κ1) is 23.8. The summed E-state index contributed by atoms with van der Waals surface area (Å²) in [4.78, 5) is 29.3. The number of likely N-dealkylation sites (tertiary alicyclic amines) is 1. The van der Waals surface area contributed by atoms with Crippen LogP contribution < -0.4 is 10.5 Å². The number of Topliss-reactive ketones (excluding diaryl/α,β-unsaturated/α-hetero) is 1. The first-order valence-corrected chi connectivity index (χ1v) is 11.3. The van der Waals surface area contributed by atoms with Crippen LogP contribution in [0, 0.1) is 27.7 Å². The maximum absolute atomic E-state index is 12.8. The molecule has 0 unspecified atom stereocenters. The molecule has 1 aliphatic rings. The Labute approximate surface area is 191 Å². The Morgan fingerprint density at radius 3 is 2.12 bits per heavy atom. The third kappa shape index (κ3) is 5.13. The molecule has 172 valence electrons. The standard InChI is InChI=1S/C26H35N3O3/c1-17-19(3)26(20(4)18(2)25(17)27)32-16-24(31)28(5)22-11-13-29(14-12-22)15-23(30)21-9-7-6-8-10-21/h6-10,22H,11-16,27H2,1-5H3. The fourth-order valence-corrected chi connectivity index (χ4v) is 4.35. The molecule has 1 saturated heterocycles. The van der Waals surface area contributed by atoms with Crippen LogP contribution in [-0.4, -0.2) is 60.8 Å². The number of ether oxygens (including phenoxy) is 1. The van der Waals surface area contributed by atoms with E-state index in [-0.39, 0.29) is 24.3 Å². The molecular formula is C26H35N3O3. The molecule has 2 aromatic rings. The van der Waals surface area contributed by atoms with Gasteiger partial charge in [-0.05, 0) is 62.8 Å². The topological polar surface area (TPSA) is 75.9 Å². The van der Waals surface area contributed by atoms with E-state index in [0.29, 0.717) is 6.54 Å². The van der Waals surface area contributed by atoms with Gasteiger partial charge in [-0.15, -0.1) is 0 Å². The molecule has 0 saturated carbocycles. The number of likely N-dealkylation sites (N-methyl/N-ethyl adjacent to an activating group) is 1. The van der Waals surface area contributed by atoms with Crippen LogP contribution in [0.15, 0.2) is 30.3 Å². The Morgan fingerprint density at radius 1 is 1.00 bits per heavy atom. The molecule has 0 bridgehead atoms. The molecule has 6 nitrogen and oxygen atoms in total. The zero-order valence-electron chi connectivity index (χ0n) is 19.9. The summed E-state index contributed by atoms with van der Waals surface area (Å²) >= 11 is 0. The lowest BCUT2D eigenvalue weighted by atomic mass is 9.97. The van der Waals surface area contributed by atoms with Crippen molar-refractivity contribution in [2.75, 3.05) is 39.0 Å². The van der Waals surface area contributed by atoms with Crippen molar-refractivity contribution < 1.29 is 14.3 Å². The van der Waals surface area contributed by atoms with Crippen LogP contribution in [0.5, 0.6) is 5.75 Å². The number of nitrogens with zero attached hydrogens (tertiary/aromatic N) is 2. The van der Waals surface area contributed by atoms with E-state index in [1.807, 2.05) is 65.1 Å². The quantitative estimate of drug-likeness (QED) is 0.528. The molecule has 0 aromatic heterocycles. The summed E-state index contributed by atoms with van der Waals surface area (Å²) in [5.74, 6) is 0.863. The second-order valence-corrected chi connectivity index (χ2v) is 8.83. The van der Waals surface area contributed by atoms with Gasteiger partial charge in [-0.25, -0.2) is 0 Å². The number of hydrogen-bond acceptors (Lipinski definition) is 5. The Kier molecular flexibility index (Phi) is 7.56.